The highest BCUT2D eigenvalue weighted by Crippen LogP contribution is 2.27. The molecule has 0 unspecified atom stereocenters. The van der Waals surface area contributed by atoms with E-state index in [2.05, 4.69) is 55.3 Å². The number of nitrogens with zero attached hydrogens (tertiary/aromatic N) is 2. The summed E-state index contributed by atoms with van der Waals surface area (Å²) >= 11 is 0. The second-order valence-electron chi connectivity index (χ2n) is 5.88. The van der Waals surface area contributed by atoms with Crippen LogP contribution in [0.1, 0.15) is 23.7 Å². The molecule has 0 saturated carbocycles. The zero-order chi connectivity index (χ0) is 17.1. The Morgan fingerprint density at radius 3 is 2.42 bits per heavy atom. The molecule has 3 rings (SSSR count). The van der Waals surface area contributed by atoms with Gasteiger partial charge in [-0.3, -0.25) is 0 Å². The molecule has 0 aliphatic rings. The monoisotopic (exact) mass is 321 g/mol. The Morgan fingerprint density at radius 1 is 1.04 bits per heavy atom. The third-order valence-electron chi connectivity index (χ3n) is 4.01. The van der Waals surface area contributed by atoms with Crippen LogP contribution in [0.2, 0.25) is 0 Å². The predicted molar refractivity (Wildman–Crippen MR) is 97.5 cm³/mol. The Bertz CT molecular complexity index is 835. The van der Waals surface area contributed by atoms with Gasteiger partial charge in [0.05, 0.1) is 23.7 Å². The largest absolute Gasteiger partial charge is 0.494 e. The number of aromatic nitrogens is 2. The summed E-state index contributed by atoms with van der Waals surface area (Å²) in [7, 11) is 0. The number of hydrogen-bond donors (Lipinski definition) is 1. The standard InChI is InChI=1S/C20H23N3O/c1-4-24-18-8-6-16(7-9-18)20-12-17(13-21)22-23(20)19-10-5-14(2)11-15(19)3/h5-12H,4,13,21H2,1-3H3. The van der Waals surface area contributed by atoms with Gasteiger partial charge in [-0.15, -0.1) is 0 Å². The van der Waals surface area contributed by atoms with Gasteiger partial charge in [0.2, 0.25) is 0 Å². The lowest BCUT2D eigenvalue weighted by Crippen LogP contribution is -2.04. The number of hydrogen-bond acceptors (Lipinski definition) is 3. The molecule has 2 aromatic carbocycles. The van der Waals surface area contributed by atoms with E-state index in [0.717, 1.165) is 28.4 Å². The van der Waals surface area contributed by atoms with Gasteiger partial charge in [-0.05, 0) is 62.7 Å². The van der Waals surface area contributed by atoms with Crippen LogP contribution in [-0.2, 0) is 6.54 Å². The highest BCUT2D eigenvalue weighted by molar-refractivity contribution is 5.64. The fourth-order valence-electron chi connectivity index (χ4n) is 2.85. The molecule has 0 aliphatic heterocycles. The maximum atomic E-state index is 5.82. The molecular weight excluding hydrogens is 298 g/mol. The van der Waals surface area contributed by atoms with E-state index in [1.165, 1.54) is 11.1 Å². The van der Waals surface area contributed by atoms with Crippen LogP contribution in [0, 0.1) is 13.8 Å². The van der Waals surface area contributed by atoms with Crippen LogP contribution in [0.5, 0.6) is 5.75 Å². The topological polar surface area (TPSA) is 53.1 Å². The number of aryl methyl sites for hydroxylation is 2. The van der Waals surface area contributed by atoms with Gasteiger partial charge in [0.15, 0.2) is 0 Å². The number of rotatable bonds is 5. The number of nitrogens with two attached hydrogens (primary N) is 1. The lowest BCUT2D eigenvalue weighted by atomic mass is 10.1. The van der Waals surface area contributed by atoms with Crippen LogP contribution in [0.3, 0.4) is 0 Å². The van der Waals surface area contributed by atoms with Gasteiger partial charge in [0, 0.05) is 12.1 Å². The molecule has 1 aromatic heterocycles. The summed E-state index contributed by atoms with van der Waals surface area (Å²) in [5, 5.41) is 4.68. The van der Waals surface area contributed by atoms with E-state index < -0.39 is 0 Å². The SMILES string of the molecule is CCOc1ccc(-c2cc(CN)nn2-c2ccc(C)cc2C)cc1. The average molecular weight is 321 g/mol. The van der Waals surface area contributed by atoms with Gasteiger partial charge in [-0.2, -0.15) is 5.10 Å². The molecule has 0 saturated heterocycles. The Morgan fingerprint density at radius 2 is 1.79 bits per heavy atom. The van der Waals surface area contributed by atoms with E-state index >= 15 is 0 Å². The van der Waals surface area contributed by atoms with Crippen molar-refractivity contribution in [3.8, 4) is 22.7 Å². The molecule has 3 aromatic rings. The van der Waals surface area contributed by atoms with Crippen LogP contribution in [0.4, 0.5) is 0 Å². The first-order chi connectivity index (χ1) is 11.6. The Hall–Kier alpha value is -2.59. The quantitative estimate of drug-likeness (QED) is 0.772. The summed E-state index contributed by atoms with van der Waals surface area (Å²) in [6, 6.07) is 16.5. The smallest absolute Gasteiger partial charge is 0.119 e. The van der Waals surface area contributed by atoms with E-state index in [9.17, 15) is 0 Å². The average Bonchev–Trinajstić information content (AvgIpc) is 3.00. The van der Waals surface area contributed by atoms with Gasteiger partial charge in [-0.1, -0.05) is 17.7 Å². The molecule has 0 spiro atoms. The molecule has 0 fully saturated rings. The fraction of sp³-hybridized carbons (Fsp3) is 0.250. The van der Waals surface area contributed by atoms with Crippen molar-refractivity contribution in [1.29, 1.82) is 0 Å². The lowest BCUT2D eigenvalue weighted by molar-refractivity contribution is 0.340. The summed E-state index contributed by atoms with van der Waals surface area (Å²) in [4.78, 5) is 0. The molecule has 0 amide bonds. The van der Waals surface area contributed by atoms with Crippen LogP contribution >= 0.6 is 0 Å². The van der Waals surface area contributed by atoms with Crippen molar-refractivity contribution >= 4 is 0 Å². The van der Waals surface area contributed by atoms with Gasteiger partial charge in [0.1, 0.15) is 5.75 Å². The summed E-state index contributed by atoms with van der Waals surface area (Å²) in [5.74, 6) is 0.873. The Balaban J connectivity index is 2.09. The second kappa shape index (κ2) is 6.89. The summed E-state index contributed by atoms with van der Waals surface area (Å²) in [6.45, 7) is 7.27. The second-order valence-corrected chi connectivity index (χ2v) is 5.88. The van der Waals surface area contributed by atoms with Gasteiger partial charge in [-0.25, -0.2) is 4.68 Å². The third kappa shape index (κ3) is 3.19. The molecule has 0 atom stereocenters. The highest BCUT2D eigenvalue weighted by atomic mass is 16.5. The number of ether oxygens (including phenoxy) is 1. The Labute approximate surface area is 142 Å². The third-order valence-corrected chi connectivity index (χ3v) is 4.01. The normalized spacial score (nSPS) is 10.8. The van der Waals surface area contributed by atoms with Crippen molar-refractivity contribution in [2.24, 2.45) is 5.73 Å². The molecule has 4 heteroatoms. The van der Waals surface area contributed by atoms with Crippen molar-refractivity contribution in [2.75, 3.05) is 6.61 Å². The van der Waals surface area contributed by atoms with Crippen molar-refractivity contribution < 1.29 is 4.74 Å². The highest BCUT2D eigenvalue weighted by Gasteiger charge is 2.13. The van der Waals surface area contributed by atoms with Gasteiger partial charge < -0.3 is 10.5 Å². The first kappa shape index (κ1) is 16.3. The molecule has 0 bridgehead atoms. The van der Waals surface area contributed by atoms with Crippen molar-refractivity contribution in [3.05, 3.63) is 65.4 Å². The maximum absolute atomic E-state index is 5.82. The van der Waals surface area contributed by atoms with E-state index in [0.29, 0.717) is 13.2 Å². The first-order valence-corrected chi connectivity index (χ1v) is 8.22. The van der Waals surface area contributed by atoms with Crippen molar-refractivity contribution in [2.45, 2.75) is 27.3 Å². The molecule has 4 nitrogen and oxygen atoms in total. The van der Waals surface area contributed by atoms with E-state index in [-0.39, 0.29) is 0 Å². The molecule has 2 N–H and O–H groups in total. The molecular formula is C20H23N3O. The van der Waals surface area contributed by atoms with Crippen molar-refractivity contribution in [3.63, 3.8) is 0 Å². The molecule has 1 heterocycles. The van der Waals surface area contributed by atoms with Crippen LogP contribution in [0.25, 0.3) is 16.9 Å². The minimum absolute atomic E-state index is 0.419. The maximum Gasteiger partial charge on any atom is 0.119 e. The van der Waals surface area contributed by atoms with Gasteiger partial charge >= 0.3 is 0 Å². The summed E-state index contributed by atoms with van der Waals surface area (Å²) in [5.41, 5.74) is 12.3. The lowest BCUT2D eigenvalue weighted by Gasteiger charge is -2.12. The zero-order valence-corrected chi connectivity index (χ0v) is 14.4. The minimum atomic E-state index is 0.419. The summed E-state index contributed by atoms with van der Waals surface area (Å²) in [6.07, 6.45) is 0. The number of benzene rings is 2. The van der Waals surface area contributed by atoms with Crippen LogP contribution in [-0.4, -0.2) is 16.4 Å². The molecule has 0 radical (unpaired) electrons. The Kier molecular flexibility index (Phi) is 4.67. The predicted octanol–water partition coefficient (Wildman–Crippen LogP) is 4.01. The summed E-state index contributed by atoms with van der Waals surface area (Å²) < 4.78 is 7.51. The van der Waals surface area contributed by atoms with Crippen molar-refractivity contribution in [1.82, 2.24) is 9.78 Å². The minimum Gasteiger partial charge on any atom is -0.494 e. The zero-order valence-electron chi connectivity index (χ0n) is 14.4. The molecule has 124 valence electrons. The fourth-order valence-corrected chi connectivity index (χ4v) is 2.85. The first-order valence-electron chi connectivity index (χ1n) is 8.22. The van der Waals surface area contributed by atoms with E-state index in [1.54, 1.807) is 0 Å². The van der Waals surface area contributed by atoms with Crippen LogP contribution < -0.4 is 10.5 Å². The molecule has 24 heavy (non-hydrogen) atoms. The van der Waals surface area contributed by atoms with Crippen LogP contribution in [0.15, 0.2) is 48.5 Å². The molecule has 0 aliphatic carbocycles. The van der Waals surface area contributed by atoms with Gasteiger partial charge in [0.25, 0.3) is 0 Å². The van der Waals surface area contributed by atoms with E-state index in [4.69, 9.17) is 10.5 Å². The van der Waals surface area contributed by atoms with E-state index in [1.807, 2.05) is 23.7 Å².